The molecule has 154 valence electrons. The normalized spacial score (nSPS) is 11.1. The van der Waals surface area contributed by atoms with Crippen LogP contribution in [0.1, 0.15) is 63.9 Å². The zero-order chi connectivity index (χ0) is 20.4. The maximum atomic E-state index is 12.6. The van der Waals surface area contributed by atoms with Crippen LogP contribution in [-0.4, -0.2) is 13.0 Å². The van der Waals surface area contributed by atoms with Gasteiger partial charge in [0.15, 0.2) is 0 Å². The third-order valence-corrected chi connectivity index (χ3v) is 5.58. The first-order valence-corrected chi connectivity index (χ1v) is 11.4. The second-order valence-electron chi connectivity index (χ2n) is 7.02. The van der Waals surface area contributed by atoms with Gasteiger partial charge in [-0.2, -0.15) is 8.42 Å². The Bertz CT molecular complexity index is 835. The number of benzene rings is 2. The summed E-state index contributed by atoms with van der Waals surface area (Å²) in [6.07, 6.45) is 10.5. The Hall–Kier alpha value is -1.05. The Morgan fingerprint density at radius 1 is 0.897 bits per heavy atom. The van der Waals surface area contributed by atoms with Crippen molar-refractivity contribution in [2.75, 3.05) is 0 Å². The number of unbranched alkanes of at least 4 members (excludes halogenated alkanes) is 7. The fraction of sp³-hybridized carbons (Fsp3) is 0.455. The Morgan fingerprint density at radius 2 is 1.48 bits per heavy atom. The molecule has 0 amide bonds. The van der Waals surface area contributed by atoms with E-state index in [4.69, 9.17) is 9.29 Å². The summed E-state index contributed by atoms with van der Waals surface area (Å²) in [7, 11) is -4.25. The van der Waals surface area contributed by atoms with Crippen molar-refractivity contribution in [1.29, 1.82) is 0 Å². The van der Waals surface area contributed by atoms with Crippen LogP contribution in [0, 0.1) is 0 Å². The summed E-state index contributed by atoms with van der Waals surface area (Å²) in [5, 5.41) is 12.6. The molecular formula is C22H29NaO5S. The molecule has 0 spiro atoms. The number of para-hydroxylation sites is 1. The van der Waals surface area contributed by atoms with Gasteiger partial charge in [-0.3, -0.25) is 4.55 Å². The summed E-state index contributed by atoms with van der Waals surface area (Å²) in [5.41, 5.74) is 0.734. The summed E-state index contributed by atoms with van der Waals surface area (Å²) in [5.74, 6) is 0.426. The average Bonchev–Trinajstić information content (AvgIpc) is 2.66. The van der Waals surface area contributed by atoms with E-state index in [0.717, 1.165) is 24.8 Å². The Kier molecular flexibility index (Phi) is 11.9. The molecule has 0 atom stereocenters. The first-order chi connectivity index (χ1) is 13.4. The fourth-order valence-electron chi connectivity index (χ4n) is 3.09. The molecule has 0 unspecified atom stereocenters. The minimum Gasteiger partial charge on any atom is -0.870 e. The Balaban J connectivity index is 0.00000420. The largest absolute Gasteiger partial charge is 1.00 e. The first-order valence-electron chi connectivity index (χ1n) is 9.96. The molecule has 2 aromatic carbocycles. The monoisotopic (exact) mass is 428 g/mol. The molecule has 1 N–H and O–H groups in total. The van der Waals surface area contributed by atoms with Gasteiger partial charge in [0, 0.05) is 0 Å². The molecule has 29 heavy (non-hydrogen) atoms. The zero-order valence-corrected chi connectivity index (χ0v) is 20.2. The Morgan fingerprint density at radius 3 is 2.07 bits per heavy atom. The van der Waals surface area contributed by atoms with Crippen LogP contribution in [0.4, 0.5) is 0 Å². The molecule has 0 heterocycles. The smallest absolute Gasteiger partial charge is 0.870 e. The van der Waals surface area contributed by atoms with Crippen molar-refractivity contribution in [2.45, 2.75) is 69.6 Å². The van der Waals surface area contributed by atoms with Crippen LogP contribution in [0.15, 0.2) is 47.4 Å². The SMILES string of the molecule is CCCCCCCCCCc1cccc(Oc2ccc(S(=O)(=O)O)cc2)c1[O-].[Na+]. The molecule has 0 aliphatic carbocycles. The van der Waals surface area contributed by atoms with Crippen molar-refractivity contribution in [2.24, 2.45) is 0 Å². The van der Waals surface area contributed by atoms with Crippen LogP contribution in [0.25, 0.3) is 0 Å². The van der Waals surface area contributed by atoms with Crippen LogP contribution in [-0.2, 0) is 16.5 Å². The van der Waals surface area contributed by atoms with E-state index in [-0.39, 0.29) is 46.0 Å². The molecule has 0 aliphatic rings. The molecule has 0 saturated heterocycles. The topological polar surface area (TPSA) is 86.7 Å². The van der Waals surface area contributed by atoms with Gasteiger partial charge in [-0.05, 0) is 43.2 Å². The summed E-state index contributed by atoms with van der Waals surface area (Å²) in [6, 6.07) is 10.5. The molecule has 0 radical (unpaired) electrons. The number of hydrogen-bond donors (Lipinski definition) is 1. The van der Waals surface area contributed by atoms with Crippen LogP contribution in [0.2, 0.25) is 0 Å². The minimum absolute atomic E-state index is 0. The molecule has 0 aromatic heterocycles. The van der Waals surface area contributed by atoms with Crippen LogP contribution in [0.3, 0.4) is 0 Å². The predicted octanol–water partition coefficient (Wildman–Crippen LogP) is 2.49. The van der Waals surface area contributed by atoms with Gasteiger partial charge in [0.2, 0.25) is 0 Å². The van der Waals surface area contributed by atoms with Gasteiger partial charge in [-0.1, -0.05) is 75.3 Å². The number of rotatable bonds is 12. The van der Waals surface area contributed by atoms with Crippen molar-refractivity contribution in [3.63, 3.8) is 0 Å². The summed E-state index contributed by atoms with van der Waals surface area (Å²) in [4.78, 5) is -0.217. The third-order valence-electron chi connectivity index (χ3n) is 4.71. The molecular weight excluding hydrogens is 399 g/mol. The first kappa shape index (κ1) is 26.0. The summed E-state index contributed by atoms with van der Waals surface area (Å²) in [6.45, 7) is 2.22. The summed E-state index contributed by atoms with van der Waals surface area (Å²) < 4.78 is 36.8. The fourth-order valence-corrected chi connectivity index (χ4v) is 3.57. The number of ether oxygens (including phenoxy) is 1. The second kappa shape index (κ2) is 13.3. The van der Waals surface area contributed by atoms with Gasteiger partial charge in [0.05, 0.1) is 4.90 Å². The van der Waals surface area contributed by atoms with E-state index < -0.39 is 10.1 Å². The molecule has 0 aliphatic heterocycles. The van der Waals surface area contributed by atoms with Crippen molar-refractivity contribution in [3.05, 3.63) is 48.0 Å². The van der Waals surface area contributed by atoms with Gasteiger partial charge in [0.25, 0.3) is 10.1 Å². The Labute approximate surface area is 196 Å². The van der Waals surface area contributed by atoms with Gasteiger partial charge in [0.1, 0.15) is 11.5 Å². The minimum atomic E-state index is -4.25. The molecule has 7 heteroatoms. The van der Waals surface area contributed by atoms with E-state index in [1.54, 1.807) is 12.1 Å². The van der Waals surface area contributed by atoms with E-state index in [9.17, 15) is 13.5 Å². The van der Waals surface area contributed by atoms with E-state index >= 15 is 0 Å². The van der Waals surface area contributed by atoms with Crippen molar-refractivity contribution in [3.8, 4) is 17.2 Å². The predicted molar refractivity (Wildman–Crippen MR) is 109 cm³/mol. The average molecular weight is 429 g/mol. The molecule has 2 rings (SSSR count). The second-order valence-corrected chi connectivity index (χ2v) is 8.44. The molecule has 5 nitrogen and oxygen atoms in total. The van der Waals surface area contributed by atoms with E-state index in [0.29, 0.717) is 5.75 Å². The van der Waals surface area contributed by atoms with Gasteiger partial charge < -0.3 is 9.84 Å². The molecule has 0 bridgehead atoms. The number of aryl methyl sites for hydroxylation is 1. The van der Waals surface area contributed by atoms with E-state index in [1.165, 1.54) is 62.8 Å². The maximum Gasteiger partial charge on any atom is 1.00 e. The van der Waals surface area contributed by atoms with Gasteiger partial charge in [-0.25, -0.2) is 0 Å². The standard InChI is InChI=1S/C22H30O5S.Na/c1-2-3-4-5-6-7-8-9-11-18-12-10-13-21(22(18)23)27-19-14-16-20(17-15-19)28(24,25)26;/h10,12-17,23H,2-9,11H2,1H3,(H,24,25,26);/q;+1/p-1. The van der Waals surface area contributed by atoms with Crippen LogP contribution < -0.4 is 39.4 Å². The maximum absolute atomic E-state index is 12.6. The zero-order valence-electron chi connectivity index (χ0n) is 17.4. The van der Waals surface area contributed by atoms with Crippen LogP contribution >= 0.6 is 0 Å². The van der Waals surface area contributed by atoms with Crippen molar-refractivity contribution < 1.29 is 52.4 Å². The quantitative estimate of drug-likeness (QED) is 0.319. The van der Waals surface area contributed by atoms with Gasteiger partial charge >= 0.3 is 29.6 Å². The van der Waals surface area contributed by atoms with Gasteiger partial charge in [-0.15, -0.1) is 0 Å². The van der Waals surface area contributed by atoms with E-state index in [2.05, 4.69) is 6.92 Å². The molecule has 0 saturated carbocycles. The molecule has 0 fully saturated rings. The number of hydrogen-bond acceptors (Lipinski definition) is 4. The van der Waals surface area contributed by atoms with Crippen molar-refractivity contribution in [1.82, 2.24) is 0 Å². The van der Waals surface area contributed by atoms with E-state index in [1.807, 2.05) is 6.07 Å². The summed E-state index contributed by atoms with van der Waals surface area (Å²) >= 11 is 0. The van der Waals surface area contributed by atoms with Crippen molar-refractivity contribution >= 4 is 10.1 Å². The third kappa shape index (κ3) is 9.09. The molecule has 2 aromatic rings. The van der Waals surface area contributed by atoms with Crippen LogP contribution in [0.5, 0.6) is 17.2 Å².